The summed E-state index contributed by atoms with van der Waals surface area (Å²) in [4.78, 5) is 15.7. The molecular formula is C15H21N5O. The lowest BCUT2D eigenvalue weighted by atomic mass is 10.3. The van der Waals surface area contributed by atoms with Crippen LogP contribution in [-0.4, -0.2) is 73.9 Å². The van der Waals surface area contributed by atoms with Crippen LogP contribution in [0.1, 0.15) is 0 Å². The Morgan fingerprint density at radius 1 is 1.00 bits per heavy atom. The molecule has 0 unspecified atom stereocenters. The fourth-order valence-corrected chi connectivity index (χ4v) is 2.74. The second-order valence-corrected chi connectivity index (χ2v) is 5.30. The summed E-state index contributed by atoms with van der Waals surface area (Å²) in [5.74, 6) is 4.71. The molecule has 21 heavy (non-hydrogen) atoms. The fraction of sp³-hybridized carbons (Fsp3) is 0.600. The number of nitrogens with zero attached hydrogens (tertiary/aromatic N) is 5. The summed E-state index contributed by atoms with van der Waals surface area (Å²) < 4.78 is 5.39. The molecule has 0 aromatic carbocycles. The molecule has 3 heterocycles. The molecule has 1 aromatic rings. The number of rotatable bonds is 3. The van der Waals surface area contributed by atoms with E-state index in [-0.39, 0.29) is 0 Å². The Hall–Kier alpha value is -1.84. The molecule has 0 radical (unpaired) electrons. The van der Waals surface area contributed by atoms with Crippen molar-refractivity contribution < 1.29 is 4.74 Å². The minimum Gasteiger partial charge on any atom is -0.378 e. The molecule has 0 N–H and O–H groups in total. The zero-order valence-corrected chi connectivity index (χ0v) is 12.2. The van der Waals surface area contributed by atoms with E-state index in [4.69, 9.17) is 11.2 Å². The molecular weight excluding hydrogens is 266 g/mol. The van der Waals surface area contributed by atoms with Crippen LogP contribution in [0.15, 0.2) is 12.4 Å². The highest BCUT2D eigenvalue weighted by Gasteiger charge is 2.19. The summed E-state index contributed by atoms with van der Waals surface area (Å²) in [6.45, 7) is 7.95. The Labute approximate surface area is 125 Å². The number of morpholine rings is 1. The summed E-state index contributed by atoms with van der Waals surface area (Å²) in [5, 5.41) is 0. The minimum atomic E-state index is 0.733. The predicted octanol–water partition coefficient (Wildman–Crippen LogP) is 0.0684. The summed E-state index contributed by atoms with van der Waals surface area (Å²) in [7, 11) is 0. The normalized spacial score (nSPS) is 20.3. The van der Waals surface area contributed by atoms with Gasteiger partial charge in [0.1, 0.15) is 18.0 Å². The van der Waals surface area contributed by atoms with Gasteiger partial charge in [-0.25, -0.2) is 9.97 Å². The molecule has 0 atom stereocenters. The Morgan fingerprint density at radius 3 is 2.24 bits per heavy atom. The van der Waals surface area contributed by atoms with Crippen molar-refractivity contribution in [1.82, 2.24) is 14.9 Å². The molecule has 2 fully saturated rings. The number of piperazine rings is 1. The first kappa shape index (κ1) is 14.1. The maximum absolute atomic E-state index is 5.39. The molecule has 6 heteroatoms. The molecule has 0 amide bonds. The lowest BCUT2D eigenvalue weighted by Crippen LogP contribution is -2.46. The van der Waals surface area contributed by atoms with Gasteiger partial charge in [-0.2, -0.15) is 0 Å². The van der Waals surface area contributed by atoms with Gasteiger partial charge in [0.05, 0.1) is 19.8 Å². The van der Waals surface area contributed by atoms with Gasteiger partial charge in [-0.3, -0.25) is 4.90 Å². The number of anilines is 2. The first-order valence-corrected chi connectivity index (χ1v) is 7.42. The van der Waals surface area contributed by atoms with Crippen molar-refractivity contribution in [3.63, 3.8) is 0 Å². The monoisotopic (exact) mass is 287 g/mol. The average Bonchev–Trinajstić information content (AvgIpc) is 2.57. The quantitative estimate of drug-likeness (QED) is 0.733. The van der Waals surface area contributed by atoms with Crippen LogP contribution in [0.3, 0.4) is 0 Å². The van der Waals surface area contributed by atoms with Crippen LogP contribution in [0, 0.1) is 12.3 Å². The second-order valence-electron chi connectivity index (χ2n) is 5.30. The van der Waals surface area contributed by atoms with Crippen molar-refractivity contribution in [1.29, 1.82) is 0 Å². The number of hydrogen-bond acceptors (Lipinski definition) is 6. The summed E-state index contributed by atoms with van der Waals surface area (Å²) in [6, 6.07) is 2.09. The summed E-state index contributed by atoms with van der Waals surface area (Å²) in [6.07, 6.45) is 7.03. The van der Waals surface area contributed by atoms with Gasteiger partial charge in [0.15, 0.2) is 0 Å². The smallest absolute Gasteiger partial charge is 0.134 e. The molecule has 0 bridgehead atoms. The Kier molecular flexibility index (Phi) is 4.53. The Bertz CT molecular complexity index is 501. The lowest BCUT2D eigenvalue weighted by molar-refractivity contribution is 0.122. The van der Waals surface area contributed by atoms with Gasteiger partial charge >= 0.3 is 0 Å². The van der Waals surface area contributed by atoms with Gasteiger partial charge in [-0.05, 0) is 0 Å². The summed E-state index contributed by atoms with van der Waals surface area (Å²) in [5.41, 5.74) is 0. The molecule has 0 saturated carbocycles. The highest BCUT2D eigenvalue weighted by Crippen LogP contribution is 2.19. The average molecular weight is 287 g/mol. The fourth-order valence-electron chi connectivity index (χ4n) is 2.74. The first-order valence-electron chi connectivity index (χ1n) is 7.42. The largest absolute Gasteiger partial charge is 0.378 e. The lowest BCUT2D eigenvalue weighted by Gasteiger charge is -2.35. The van der Waals surface area contributed by atoms with Crippen LogP contribution >= 0.6 is 0 Å². The van der Waals surface area contributed by atoms with E-state index >= 15 is 0 Å². The Morgan fingerprint density at radius 2 is 1.62 bits per heavy atom. The molecule has 3 rings (SSSR count). The third-order valence-corrected chi connectivity index (χ3v) is 3.98. The molecule has 0 aliphatic carbocycles. The van der Waals surface area contributed by atoms with Crippen LogP contribution in [0.5, 0.6) is 0 Å². The van der Waals surface area contributed by atoms with E-state index in [0.29, 0.717) is 0 Å². The standard InChI is InChI=1S/C15H21N5O/c1-2-3-18-4-6-19(7-5-18)14-12-15(17-13-16-14)20-8-10-21-11-9-20/h1,12-13H,3-11H2. The van der Waals surface area contributed by atoms with Gasteiger partial charge in [0.2, 0.25) is 0 Å². The van der Waals surface area contributed by atoms with Gasteiger partial charge < -0.3 is 14.5 Å². The highest BCUT2D eigenvalue weighted by molar-refractivity contribution is 5.50. The topological polar surface area (TPSA) is 44.7 Å². The molecule has 1 aromatic heterocycles. The van der Waals surface area contributed by atoms with Crippen molar-refractivity contribution in [3.05, 3.63) is 12.4 Å². The van der Waals surface area contributed by atoms with Crippen LogP contribution in [0.25, 0.3) is 0 Å². The van der Waals surface area contributed by atoms with E-state index in [1.165, 1.54) is 0 Å². The van der Waals surface area contributed by atoms with Gasteiger partial charge in [0, 0.05) is 45.3 Å². The third kappa shape index (κ3) is 3.43. The van der Waals surface area contributed by atoms with Crippen LogP contribution in [0.4, 0.5) is 11.6 Å². The third-order valence-electron chi connectivity index (χ3n) is 3.98. The molecule has 112 valence electrons. The van der Waals surface area contributed by atoms with Gasteiger partial charge in [-0.15, -0.1) is 6.42 Å². The van der Waals surface area contributed by atoms with Crippen molar-refractivity contribution >= 4 is 11.6 Å². The van der Waals surface area contributed by atoms with E-state index in [9.17, 15) is 0 Å². The summed E-state index contributed by atoms with van der Waals surface area (Å²) >= 11 is 0. The van der Waals surface area contributed by atoms with Crippen LogP contribution < -0.4 is 9.80 Å². The number of ether oxygens (including phenoxy) is 1. The van der Waals surface area contributed by atoms with E-state index in [1.807, 2.05) is 0 Å². The van der Waals surface area contributed by atoms with Crippen molar-refractivity contribution in [2.45, 2.75) is 0 Å². The number of aromatic nitrogens is 2. The predicted molar refractivity (Wildman–Crippen MR) is 82.6 cm³/mol. The van der Waals surface area contributed by atoms with Crippen molar-refractivity contribution in [2.24, 2.45) is 0 Å². The Balaban J connectivity index is 1.65. The SMILES string of the molecule is C#CCN1CCN(c2cc(N3CCOCC3)ncn2)CC1. The van der Waals surface area contributed by atoms with E-state index in [2.05, 4.69) is 36.7 Å². The zero-order valence-electron chi connectivity index (χ0n) is 12.2. The second kappa shape index (κ2) is 6.74. The molecule has 2 saturated heterocycles. The maximum Gasteiger partial charge on any atom is 0.134 e. The van der Waals surface area contributed by atoms with E-state index in [0.717, 1.165) is 70.7 Å². The highest BCUT2D eigenvalue weighted by atomic mass is 16.5. The van der Waals surface area contributed by atoms with Crippen LogP contribution in [-0.2, 0) is 4.74 Å². The van der Waals surface area contributed by atoms with Crippen LogP contribution in [0.2, 0.25) is 0 Å². The maximum atomic E-state index is 5.39. The van der Waals surface area contributed by atoms with Gasteiger partial charge in [-0.1, -0.05) is 5.92 Å². The first-order chi connectivity index (χ1) is 10.4. The van der Waals surface area contributed by atoms with E-state index < -0.39 is 0 Å². The molecule has 6 nitrogen and oxygen atoms in total. The molecule has 0 spiro atoms. The molecule has 2 aliphatic heterocycles. The minimum absolute atomic E-state index is 0.733. The van der Waals surface area contributed by atoms with Crippen molar-refractivity contribution in [3.8, 4) is 12.3 Å². The van der Waals surface area contributed by atoms with Gasteiger partial charge in [0.25, 0.3) is 0 Å². The molecule has 2 aliphatic rings. The zero-order chi connectivity index (χ0) is 14.5. The van der Waals surface area contributed by atoms with Crippen molar-refractivity contribution in [2.75, 3.05) is 68.8 Å². The van der Waals surface area contributed by atoms with E-state index in [1.54, 1.807) is 6.33 Å². The number of terminal acetylenes is 1. The number of hydrogen-bond donors (Lipinski definition) is 0.